The van der Waals surface area contributed by atoms with Crippen LogP contribution in [0.3, 0.4) is 0 Å². The summed E-state index contributed by atoms with van der Waals surface area (Å²) < 4.78 is 65.8. The average Bonchev–Trinajstić information content (AvgIpc) is 2.33. The molecular weight excluding hydrogens is 347 g/mol. The molecule has 108 valence electrons. The molecule has 2 nitrogen and oxygen atoms in total. The predicted molar refractivity (Wildman–Crippen MR) is 68.6 cm³/mol. The van der Waals surface area contributed by atoms with Crippen molar-refractivity contribution >= 4 is 32.5 Å². The lowest BCUT2D eigenvalue weighted by molar-refractivity contribution is -0.141. The van der Waals surface area contributed by atoms with Crippen LogP contribution in [-0.2, 0) is 6.18 Å². The van der Waals surface area contributed by atoms with Crippen LogP contribution in [0, 0.1) is 18.6 Å². The van der Waals surface area contributed by atoms with Crippen molar-refractivity contribution in [3.8, 4) is 0 Å². The highest BCUT2D eigenvalue weighted by Gasteiger charge is 2.36. The lowest BCUT2D eigenvalue weighted by atomic mass is 10.1. The summed E-state index contributed by atoms with van der Waals surface area (Å²) in [5.41, 5.74) is -1.99. The minimum absolute atomic E-state index is 0.0207. The second-order valence-electron chi connectivity index (χ2n) is 4.09. The SMILES string of the molecule is CNc1c(C)c(C(F)(F)F)nc2c(F)cc(F)c(Br)c12. The highest BCUT2D eigenvalue weighted by atomic mass is 79.9. The number of hydrogen-bond acceptors (Lipinski definition) is 2. The van der Waals surface area contributed by atoms with Gasteiger partial charge in [-0.25, -0.2) is 13.8 Å². The van der Waals surface area contributed by atoms with E-state index in [1.54, 1.807) is 0 Å². The van der Waals surface area contributed by atoms with Crippen LogP contribution >= 0.6 is 15.9 Å². The van der Waals surface area contributed by atoms with Gasteiger partial charge < -0.3 is 5.32 Å². The van der Waals surface area contributed by atoms with Gasteiger partial charge in [-0.3, -0.25) is 0 Å². The number of benzene rings is 1. The van der Waals surface area contributed by atoms with Gasteiger partial charge in [0.15, 0.2) is 5.82 Å². The third kappa shape index (κ3) is 2.21. The summed E-state index contributed by atoms with van der Waals surface area (Å²) in [5.74, 6) is -2.06. The Morgan fingerprint density at radius 1 is 1.20 bits per heavy atom. The molecule has 20 heavy (non-hydrogen) atoms. The van der Waals surface area contributed by atoms with Gasteiger partial charge in [0.1, 0.15) is 17.0 Å². The molecule has 0 atom stereocenters. The summed E-state index contributed by atoms with van der Waals surface area (Å²) >= 11 is 2.91. The van der Waals surface area contributed by atoms with Crippen LogP contribution in [0.1, 0.15) is 11.3 Å². The van der Waals surface area contributed by atoms with Crippen molar-refractivity contribution in [1.82, 2.24) is 4.98 Å². The van der Waals surface area contributed by atoms with E-state index in [2.05, 4.69) is 26.2 Å². The Morgan fingerprint density at radius 2 is 1.80 bits per heavy atom. The molecule has 1 heterocycles. The summed E-state index contributed by atoms with van der Waals surface area (Å²) in [7, 11) is 1.37. The van der Waals surface area contributed by atoms with Crippen LogP contribution in [0.15, 0.2) is 10.5 Å². The maximum Gasteiger partial charge on any atom is 0.433 e. The Hall–Kier alpha value is -1.44. The van der Waals surface area contributed by atoms with Crippen LogP contribution in [0.5, 0.6) is 0 Å². The predicted octanol–water partition coefficient (Wildman–Crippen LogP) is 4.64. The number of aromatic nitrogens is 1. The van der Waals surface area contributed by atoms with E-state index in [-0.39, 0.29) is 21.1 Å². The first-order valence-electron chi connectivity index (χ1n) is 5.41. The third-order valence-corrected chi connectivity index (χ3v) is 3.64. The standard InChI is InChI=1S/C12H8BrF5N2/c1-4-9(19-2)7-8(13)5(14)3-6(15)10(7)20-11(4)12(16,17)18/h3H,1-2H3,(H,19,20). The third-order valence-electron chi connectivity index (χ3n) is 2.87. The Labute approximate surface area is 119 Å². The molecule has 8 heteroatoms. The first-order valence-corrected chi connectivity index (χ1v) is 6.20. The van der Waals surface area contributed by atoms with Gasteiger partial charge in [0.05, 0.1) is 4.47 Å². The summed E-state index contributed by atoms with van der Waals surface area (Å²) in [4.78, 5) is 3.32. The molecule has 0 fully saturated rings. The molecular formula is C12H8BrF5N2. The number of hydrogen-bond donors (Lipinski definition) is 1. The first-order chi connectivity index (χ1) is 9.18. The summed E-state index contributed by atoms with van der Waals surface area (Å²) in [5, 5.41) is 2.48. The van der Waals surface area contributed by atoms with Gasteiger partial charge in [-0.05, 0) is 22.9 Å². The molecule has 0 unspecified atom stereocenters. The molecule has 2 rings (SSSR count). The molecule has 0 radical (unpaired) electrons. The topological polar surface area (TPSA) is 24.9 Å². The summed E-state index contributed by atoms with van der Waals surface area (Å²) in [6, 6.07) is 0.494. The van der Waals surface area contributed by atoms with Crippen molar-refractivity contribution in [3.05, 3.63) is 33.4 Å². The number of alkyl halides is 3. The smallest absolute Gasteiger partial charge is 0.387 e. The molecule has 0 aliphatic heterocycles. The highest BCUT2D eigenvalue weighted by molar-refractivity contribution is 9.10. The zero-order chi connectivity index (χ0) is 15.2. The van der Waals surface area contributed by atoms with Crippen molar-refractivity contribution in [2.45, 2.75) is 13.1 Å². The van der Waals surface area contributed by atoms with Gasteiger partial charge in [-0.2, -0.15) is 13.2 Å². The second kappa shape index (κ2) is 4.83. The van der Waals surface area contributed by atoms with E-state index in [1.165, 1.54) is 14.0 Å². The van der Waals surface area contributed by atoms with Crippen molar-refractivity contribution in [2.75, 3.05) is 12.4 Å². The number of halogens is 6. The molecule has 1 aromatic heterocycles. The Balaban J connectivity index is 3.04. The van der Waals surface area contributed by atoms with Crippen LogP contribution in [0.4, 0.5) is 27.6 Å². The van der Waals surface area contributed by atoms with E-state index in [0.29, 0.717) is 6.07 Å². The van der Waals surface area contributed by atoms with Crippen LogP contribution in [0.2, 0.25) is 0 Å². The number of fused-ring (bicyclic) bond motifs is 1. The number of anilines is 1. The van der Waals surface area contributed by atoms with E-state index >= 15 is 0 Å². The number of rotatable bonds is 1. The molecule has 0 bridgehead atoms. The molecule has 2 aromatic rings. The Kier molecular flexibility index (Phi) is 3.62. The Morgan fingerprint density at radius 3 is 2.30 bits per heavy atom. The normalized spacial score (nSPS) is 12.0. The van der Waals surface area contributed by atoms with Crippen LogP contribution in [0.25, 0.3) is 10.9 Å². The monoisotopic (exact) mass is 354 g/mol. The van der Waals surface area contributed by atoms with E-state index in [9.17, 15) is 22.0 Å². The van der Waals surface area contributed by atoms with Crippen LogP contribution < -0.4 is 5.32 Å². The fourth-order valence-corrected chi connectivity index (χ4v) is 2.51. The number of nitrogens with one attached hydrogen (secondary N) is 1. The van der Waals surface area contributed by atoms with Crippen molar-refractivity contribution in [3.63, 3.8) is 0 Å². The van der Waals surface area contributed by atoms with Crippen molar-refractivity contribution in [1.29, 1.82) is 0 Å². The number of nitrogens with zero attached hydrogens (tertiary/aromatic N) is 1. The fraction of sp³-hybridized carbons (Fsp3) is 0.250. The van der Waals surface area contributed by atoms with Gasteiger partial charge in [0, 0.05) is 29.8 Å². The quantitative estimate of drug-likeness (QED) is 0.595. The van der Waals surface area contributed by atoms with E-state index in [4.69, 9.17) is 0 Å². The lowest BCUT2D eigenvalue weighted by Gasteiger charge is -2.17. The van der Waals surface area contributed by atoms with E-state index in [0.717, 1.165) is 0 Å². The van der Waals surface area contributed by atoms with E-state index in [1.807, 2.05) is 0 Å². The molecule has 1 N–H and O–H groups in total. The number of pyridine rings is 1. The van der Waals surface area contributed by atoms with Crippen molar-refractivity contribution < 1.29 is 22.0 Å². The molecule has 0 saturated carbocycles. The minimum atomic E-state index is -4.73. The molecule has 0 aliphatic rings. The maximum atomic E-state index is 13.7. The maximum absolute atomic E-state index is 13.7. The van der Waals surface area contributed by atoms with E-state index < -0.39 is 29.0 Å². The molecule has 0 aliphatic carbocycles. The second-order valence-corrected chi connectivity index (χ2v) is 4.88. The highest BCUT2D eigenvalue weighted by Crippen LogP contribution is 2.40. The fourth-order valence-electron chi connectivity index (χ4n) is 2.01. The zero-order valence-corrected chi connectivity index (χ0v) is 11.9. The van der Waals surface area contributed by atoms with Crippen molar-refractivity contribution in [2.24, 2.45) is 0 Å². The molecule has 1 aromatic carbocycles. The van der Waals surface area contributed by atoms with Gasteiger partial charge in [0.2, 0.25) is 0 Å². The van der Waals surface area contributed by atoms with Gasteiger partial charge in [0.25, 0.3) is 0 Å². The first kappa shape index (κ1) is 15.0. The van der Waals surface area contributed by atoms with Gasteiger partial charge >= 0.3 is 6.18 Å². The van der Waals surface area contributed by atoms with Gasteiger partial charge in [-0.1, -0.05) is 0 Å². The molecule has 0 saturated heterocycles. The summed E-state index contributed by atoms with van der Waals surface area (Å²) in [6.07, 6.45) is -4.73. The molecule has 0 amide bonds. The minimum Gasteiger partial charge on any atom is -0.387 e. The average molecular weight is 355 g/mol. The Bertz CT molecular complexity index is 697. The zero-order valence-electron chi connectivity index (χ0n) is 10.3. The van der Waals surface area contributed by atoms with Crippen LogP contribution in [-0.4, -0.2) is 12.0 Å². The van der Waals surface area contributed by atoms with Gasteiger partial charge in [-0.15, -0.1) is 0 Å². The lowest BCUT2D eigenvalue weighted by Crippen LogP contribution is -2.13. The largest absolute Gasteiger partial charge is 0.433 e. The molecule has 0 spiro atoms. The summed E-state index contributed by atoms with van der Waals surface area (Å²) in [6.45, 7) is 1.19.